The molecule has 0 spiro atoms. The second-order valence-corrected chi connectivity index (χ2v) is 5.06. The van der Waals surface area contributed by atoms with Crippen molar-refractivity contribution >= 4 is 5.78 Å². The monoisotopic (exact) mass is 284 g/mol. The average molecular weight is 284 g/mol. The molecule has 0 saturated heterocycles. The zero-order valence-electron chi connectivity index (χ0n) is 12.6. The number of carbonyl (C=O) groups is 1. The van der Waals surface area contributed by atoms with Gasteiger partial charge < -0.3 is 9.47 Å². The number of hydrogen-bond acceptors (Lipinski definition) is 3. The highest BCUT2D eigenvalue weighted by Gasteiger charge is 2.16. The molecule has 0 saturated carbocycles. The number of rotatable bonds is 6. The molecule has 2 aromatic carbocycles. The highest BCUT2D eigenvalue weighted by Crippen LogP contribution is 2.25. The standard InChI is InChI=1S/C18H20O3/c1-13(18(19)15-7-5-4-6-8-15)9-14-10-16(20-2)12-17(11-14)21-3/h4-8,10-13H,9H2,1-3H3. The zero-order chi connectivity index (χ0) is 15.2. The van der Waals surface area contributed by atoms with Crippen LogP contribution in [0, 0.1) is 5.92 Å². The fourth-order valence-corrected chi connectivity index (χ4v) is 2.32. The predicted molar refractivity (Wildman–Crippen MR) is 83.2 cm³/mol. The summed E-state index contributed by atoms with van der Waals surface area (Å²) in [5.41, 5.74) is 1.78. The molecule has 2 rings (SSSR count). The van der Waals surface area contributed by atoms with E-state index in [1.807, 2.05) is 55.5 Å². The van der Waals surface area contributed by atoms with Crippen molar-refractivity contribution in [3.8, 4) is 11.5 Å². The van der Waals surface area contributed by atoms with Gasteiger partial charge in [0.15, 0.2) is 5.78 Å². The Morgan fingerprint density at radius 1 is 1.00 bits per heavy atom. The number of ether oxygens (including phenoxy) is 2. The van der Waals surface area contributed by atoms with Crippen LogP contribution in [0.25, 0.3) is 0 Å². The molecule has 0 aliphatic heterocycles. The van der Waals surface area contributed by atoms with Crippen LogP contribution in [0.4, 0.5) is 0 Å². The van der Waals surface area contributed by atoms with Crippen LogP contribution >= 0.6 is 0 Å². The van der Waals surface area contributed by atoms with Crippen LogP contribution in [0.5, 0.6) is 11.5 Å². The molecule has 0 radical (unpaired) electrons. The number of methoxy groups -OCH3 is 2. The average Bonchev–Trinajstić information content (AvgIpc) is 2.54. The molecule has 0 fully saturated rings. The maximum atomic E-state index is 12.4. The van der Waals surface area contributed by atoms with Gasteiger partial charge >= 0.3 is 0 Å². The highest BCUT2D eigenvalue weighted by atomic mass is 16.5. The van der Waals surface area contributed by atoms with Gasteiger partial charge in [-0.3, -0.25) is 4.79 Å². The topological polar surface area (TPSA) is 35.5 Å². The quantitative estimate of drug-likeness (QED) is 0.758. The number of Topliss-reactive ketones (excluding diaryl/α,β-unsaturated/α-hetero) is 1. The van der Waals surface area contributed by atoms with Crippen molar-refractivity contribution in [3.05, 3.63) is 59.7 Å². The summed E-state index contributed by atoms with van der Waals surface area (Å²) in [4.78, 5) is 12.4. The van der Waals surface area contributed by atoms with Crippen molar-refractivity contribution in [2.75, 3.05) is 14.2 Å². The molecule has 3 heteroatoms. The van der Waals surface area contributed by atoms with Gasteiger partial charge in [-0.2, -0.15) is 0 Å². The van der Waals surface area contributed by atoms with Crippen LogP contribution in [-0.4, -0.2) is 20.0 Å². The Morgan fingerprint density at radius 2 is 1.57 bits per heavy atom. The van der Waals surface area contributed by atoms with Crippen LogP contribution in [0.3, 0.4) is 0 Å². The van der Waals surface area contributed by atoms with E-state index in [1.165, 1.54) is 0 Å². The van der Waals surface area contributed by atoms with Crippen LogP contribution in [-0.2, 0) is 6.42 Å². The van der Waals surface area contributed by atoms with Gasteiger partial charge in [0.1, 0.15) is 11.5 Å². The molecule has 0 aliphatic carbocycles. The molecule has 0 aromatic heterocycles. The van der Waals surface area contributed by atoms with Crippen LogP contribution < -0.4 is 9.47 Å². The van der Waals surface area contributed by atoms with Crippen molar-refractivity contribution in [2.24, 2.45) is 5.92 Å². The first kappa shape index (κ1) is 15.1. The molecule has 0 amide bonds. The molecule has 0 N–H and O–H groups in total. The van der Waals surface area contributed by atoms with Crippen LogP contribution in [0.2, 0.25) is 0 Å². The molecule has 21 heavy (non-hydrogen) atoms. The maximum Gasteiger partial charge on any atom is 0.165 e. The molecule has 3 nitrogen and oxygen atoms in total. The SMILES string of the molecule is COc1cc(CC(C)C(=O)c2ccccc2)cc(OC)c1. The smallest absolute Gasteiger partial charge is 0.165 e. The van der Waals surface area contributed by atoms with Crippen molar-refractivity contribution in [2.45, 2.75) is 13.3 Å². The first-order valence-corrected chi connectivity index (χ1v) is 6.95. The van der Waals surface area contributed by atoms with Crippen LogP contribution in [0.15, 0.2) is 48.5 Å². The Hall–Kier alpha value is -2.29. The summed E-state index contributed by atoms with van der Waals surface area (Å²) in [6.07, 6.45) is 0.654. The van der Waals surface area contributed by atoms with Gasteiger partial charge in [0.2, 0.25) is 0 Å². The molecule has 1 atom stereocenters. The summed E-state index contributed by atoms with van der Waals surface area (Å²) in [5, 5.41) is 0. The van der Waals surface area contributed by atoms with E-state index in [2.05, 4.69) is 0 Å². The minimum atomic E-state index is -0.0933. The minimum absolute atomic E-state index is 0.0933. The van der Waals surface area contributed by atoms with Gasteiger partial charge in [0.25, 0.3) is 0 Å². The van der Waals surface area contributed by atoms with E-state index in [1.54, 1.807) is 14.2 Å². The Kier molecular flexibility index (Phi) is 4.99. The molecule has 2 aromatic rings. The fourth-order valence-electron chi connectivity index (χ4n) is 2.32. The lowest BCUT2D eigenvalue weighted by molar-refractivity contribution is 0.0929. The van der Waals surface area contributed by atoms with E-state index in [9.17, 15) is 4.79 Å². The van der Waals surface area contributed by atoms with Crippen molar-refractivity contribution in [1.82, 2.24) is 0 Å². The maximum absolute atomic E-state index is 12.4. The molecule has 1 unspecified atom stereocenters. The molecule has 0 aliphatic rings. The Labute approximate surface area is 125 Å². The van der Waals surface area contributed by atoms with E-state index in [4.69, 9.17) is 9.47 Å². The molecular formula is C18H20O3. The number of ketones is 1. The molecular weight excluding hydrogens is 264 g/mol. The molecule has 0 heterocycles. The number of hydrogen-bond donors (Lipinski definition) is 0. The Morgan fingerprint density at radius 3 is 2.10 bits per heavy atom. The Balaban J connectivity index is 2.15. The summed E-state index contributed by atoms with van der Waals surface area (Å²) < 4.78 is 10.5. The molecule has 0 bridgehead atoms. The van der Waals surface area contributed by atoms with Gasteiger partial charge in [-0.15, -0.1) is 0 Å². The summed E-state index contributed by atoms with van der Waals surface area (Å²) in [5.74, 6) is 1.54. The predicted octanol–water partition coefficient (Wildman–Crippen LogP) is 3.77. The summed E-state index contributed by atoms with van der Waals surface area (Å²) in [6.45, 7) is 1.95. The number of carbonyl (C=O) groups excluding carboxylic acids is 1. The van der Waals surface area contributed by atoms with E-state index in [0.29, 0.717) is 6.42 Å². The number of benzene rings is 2. The second-order valence-electron chi connectivity index (χ2n) is 5.06. The lowest BCUT2D eigenvalue weighted by atomic mass is 9.93. The van der Waals surface area contributed by atoms with E-state index in [0.717, 1.165) is 22.6 Å². The van der Waals surface area contributed by atoms with Gasteiger partial charge in [0, 0.05) is 17.5 Å². The second kappa shape index (κ2) is 6.93. The normalized spacial score (nSPS) is 11.8. The van der Waals surface area contributed by atoms with Gasteiger partial charge in [-0.05, 0) is 24.1 Å². The van der Waals surface area contributed by atoms with Gasteiger partial charge in [0.05, 0.1) is 14.2 Å². The summed E-state index contributed by atoms with van der Waals surface area (Å²) in [7, 11) is 3.24. The van der Waals surface area contributed by atoms with Gasteiger partial charge in [-0.25, -0.2) is 0 Å². The lowest BCUT2D eigenvalue weighted by Gasteiger charge is -2.13. The lowest BCUT2D eigenvalue weighted by Crippen LogP contribution is -2.14. The van der Waals surface area contributed by atoms with Gasteiger partial charge in [-0.1, -0.05) is 37.3 Å². The fraction of sp³-hybridized carbons (Fsp3) is 0.278. The third kappa shape index (κ3) is 3.85. The summed E-state index contributed by atoms with van der Waals surface area (Å²) >= 11 is 0. The van der Waals surface area contributed by atoms with E-state index in [-0.39, 0.29) is 11.7 Å². The molecule has 110 valence electrons. The minimum Gasteiger partial charge on any atom is -0.497 e. The third-order valence-corrected chi connectivity index (χ3v) is 3.46. The van der Waals surface area contributed by atoms with Crippen LogP contribution in [0.1, 0.15) is 22.8 Å². The first-order chi connectivity index (χ1) is 10.1. The largest absolute Gasteiger partial charge is 0.497 e. The third-order valence-electron chi connectivity index (χ3n) is 3.46. The van der Waals surface area contributed by atoms with E-state index < -0.39 is 0 Å². The van der Waals surface area contributed by atoms with E-state index >= 15 is 0 Å². The van der Waals surface area contributed by atoms with Crippen molar-refractivity contribution in [3.63, 3.8) is 0 Å². The van der Waals surface area contributed by atoms with Crippen molar-refractivity contribution < 1.29 is 14.3 Å². The van der Waals surface area contributed by atoms with Crippen molar-refractivity contribution in [1.29, 1.82) is 0 Å². The highest BCUT2D eigenvalue weighted by molar-refractivity contribution is 5.97. The summed E-state index contributed by atoms with van der Waals surface area (Å²) in [6, 6.07) is 15.1. The zero-order valence-corrected chi connectivity index (χ0v) is 12.6. The Bertz CT molecular complexity index is 583. The first-order valence-electron chi connectivity index (χ1n) is 6.95.